The molecule has 9 heteroatoms. The summed E-state index contributed by atoms with van der Waals surface area (Å²) in [4.78, 5) is 14.2. The van der Waals surface area contributed by atoms with Crippen molar-refractivity contribution in [2.45, 2.75) is 11.7 Å². The number of thioether (sulfide) groups is 1. The molecule has 0 unspecified atom stereocenters. The predicted molar refractivity (Wildman–Crippen MR) is 113 cm³/mol. The van der Waals surface area contributed by atoms with E-state index in [9.17, 15) is 9.18 Å². The van der Waals surface area contributed by atoms with Crippen LogP contribution in [0.5, 0.6) is 11.5 Å². The molecule has 1 heterocycles. The van der Waals surface area contributed by atoms with Gasteiger partial charge in [-0.3, -0.25) is 4.79 Å². The lowest BCUT2D eigenvalue weighted by Crippen LogP contribution is -2.28. The highest BCUT2D eigenvalue weighted by molar-refractivity contribution is 7.99. The number of benzene rings is 2. The van der Waals surface area contributed by atoms with Gasteiger partial charge in [-0.05, 0) is 18.2 Å². The van der Waals surface area contributed by atoms with Crippen LogP contribution in [0, 0.1) is 5.82 Å². The number of carbonyl (C=O) groups excluding carboxylic acids is 1. The number of rotatable bonds is 8. The van der Waals surface area contributed by atoms with E-state index in [2.05, 4.69) is 10.2 Å². The fraction of sp³-hybridized carbons (Fsp3) is 0.286. The summed E-state index contributed by atoms with van der Waals surface area (Å²) < 4.78 is 26.5. The summed E-state index contributed by atoms with van der Waals surface area (Å²) in [5.41, 5.74) is 1.21. The Balaban J connectivity index is 1.66. The van der Waals surface area contributed by atoms with Gasteiger partial charge in [-0.1, -0.05) is 36.0 Å². The summed E-state index contributed by atoms with van der Waals surface area (Å²) in [5, 5.41) is 8.71. The maximum Gasteiger partial charge on any atom is 0.233 e. The van der Waals surface area contributed by atoms with Gasteiger partial charge in [0.2, 0.25) is 5.91 Å². The van der Waals surface area contributed by atoms with Crippen LogP contribution < -0.4 is 9.47 Å². The number of hydrogen-bond donors (Lipinski definition) is 0. The van der Waals surface area contributed by atoms with E-state index in [0.29, 0.717) is 34.6 Å². The van der Waals surface area contributed by atoms with Crippen molar-refractivity contribution in [2.24, 2.45) is 7.05 Å². The monoisotopic (exact) mass is 430 g/mol. The number of methoxy groups -OCH3 is 2. The Morgan fingerprint density at radius 3 is 2.60 bits per heavy atom. The molecule has 158 valence electrons. The van der Waals surface area contributed by atoms with Crippen molar-refractivity contribution < 1.29 is 18.7 Å². The van der Waals surface area contributed by atoms with Gasteiger partial charge in [0.25, 0.3) is 0 Å². The molecule has 0 saturated carbocycles. The van der Waals surface area contributed by atoms with E-state index in [1.54, 1.807) is 62.0 Å². The first-order chi connectivity index (χ1) is 14.5. The zero-order valence-corrected chi connectivity index (χ0v) is 18.1. The first kappa shape index (κ1) is 21.6. The second kappa shape index (κ2) is 9.62. The van der Waals surface area contributed by atoms with Crippen LogP contribution in [0.15, 0.2) is 47.6 Å². The lowest BCUT2D eigenvalue weighted by atomic mass is 10.1. The quantitative estimate of drug-likeness (QED) is 0.510. The molecule has 0 saturated heterocycles. The third kappa shape index (κ3) is 4.56. The number of para-hydroxylation sites is 1. The maximum absolute atomic E-state index is 14.0. The topological polar surface area (TPSA) is 69.5 Å². The summed E-state index contributed by atoms with van der Waals surface area (Å²) >= 11 is 1.25. The minimum atomic E-state index is -0.368. The van der Waals surface area contributed by atoms with Crippen molar-refractivity contribution in [3.63, 3.8) is 0 Å². The summed E-state index contributed by atoms with van der Waals surface area (Å²) in [5.74, 6) is 1.36. The SMILES string of the molecule is COc1cccc(CN(C)C(=O)CSc2nnc(-c3ccccc3F)n2C)c1OC. The molecule has 0 aliphatic carbocycles. The van der Waals surface area contributed by atoms with Crippen molar-refractivity contribution >= 4 is 17.7 Å². The van der Waals surface area contributed by atoms with Crippen molar-refractivity contribution in [3.8, 4) is 22.9 Å². The number of ether oxygens (including phenoxy) is 2. The van der Waals surface area contributed by atoms with Crippen LogP contribution in [0.2, 0.25) is 0 Å². The molecular weight excluding hydrogens is 407 g/mol. The molecule has 0 aliphatic heterocycles. The van der Waals surface area contributed by atoms with E-state index in [1.807, 2.05) is 12.1 Å². The molecule has 3 rings (SSSR count). The molecule has 7 nitrogen and oxygen atoms in total. The van der Waals surface area contributed by atoms with Crippen molar-refractivity contribution in [3.05, 3.63) is 53.8 Å². The largest absolute Gasteiger partial charge is 0.493 e. The molecular formula is C21H23FN4O3S. The molecule has 0 atom stereocenters. The highest BCUT2D eigenvalue weighted by Crippen LogP contribution is 2.31. The molecule has 1 amide bonds. The summed E-state index contributed by atoms with van der Waals surface area (Å²) in [6.45, 7) is 0.374. The van der Waals surface area contributed by atoms with Crippen molar-refractivity contribution in [2.75, 3.05) is 27.0 Å². The number of carbonyl (C=O) groups is 1. The molecule has 1 aromatic heterocycles. The lowest BCUT2D eigenvalue weighted by molar-refractivity contribution is -0.127. The van der Waals surface area contributed by atoms with Gasteiger partial charge < -0.3 is 18.9 Å². The standard InChI is InChI=1S/C21H23FN4O3S/c1-25(12-14-8-7-11-17(28-3)19(14)29-4)18(27)13-30-21-24-23-20(26(21)2)15-9-5-6-10-16(15)22/h5-11H,12-13H2,1-4H3. The number of hydrogen-bond acceptors (Lipinski definition) is 6. The van der Waals surface area contributed by atoms with E-state index in [-0.39, 0.29) is 17.5 Å². The fourth-order valence-electron chi connectivity index (χ4n) is 2.98. The zero-order chi connectivity index (χ0) is 21.7. The van der Waals surface area contributed by atoms with E-state index in [1.165, 1.54) is 17.8 Å². The lowest BCUT2D eigenvalue weighted by Gasteiger charge is -2.19. The van der Waals surface area contributed by atoms with Crippen LogP contribution in [-0.4, -0.2) is 52.6 Å². The molecule has 2 aromatic carbocycles. The minimum Gasteiger partial charge on any atom is -0.493 e. The first-order valence-electron chi connectivity index (χ1n) is 9.17. The van der Waals surface area contributed by atoms with Crippen molar-refractivity contribution in [1.29, 1.82) is 0 Å². The van der Waals surface area contributed by atoms with Gasteiger partial charge >= 0.3 is 0 Å². The minimum absolute atomic E-state index is 0.0830. The Bertz CT molecular complexity index is 1040. The molecule has 0 N–H and O–H groups in total. The summed E-state index contributed by atoms with van der Waals surface area (Å²) in [6, 6.07) is 11.9. The average molecular weight is 431 g/mol. The normalized spacial score (nSPS) is 10.7. The second-order valence-electron chi connectivity index (χ2n) is 6.54. The molecule has 0 bridgehead atoms. The van der Waals surface area contributed by atoms with E-state index >= 15 is 0 Å². The van der Waals surface area contributed by atoms with Gasteiger partial charge in [-0.15, -0.1) is 10.2 Å². The number of halogens is 1. The van der Waals surface area contributed by atoms with Crippen LogP contribution in [0.1, 0.15) is 5.56 Å². The smallest absolute Gasteiger partial charge is 0.233 e. The van der Waals surface area contributed by atoms with Crippen LogP contribution in [0.25, 0.3) is 11.4 Å². The van der Waals surface area contributed by atoms with E-state index in [0.717, 1.165) is 5.56 Å². The van der Waals surface area contributed by atoms with Crippen LogP contribution >= 0.6 is 11.8 Å². The second-order valence-corrected chi connectivity index (χ2v) is 7.48. The van der Waals surface area contributed by atoms with E-state index in [4.69, 9.17) is 9.47 Å². The Kier molecular flexibility index (Phi) is 6.94. The number of nitrogens with zero attached hydrogens (tertiary/aromatic N) is 4. The highest BCUT2D eigenvalue weighted by atomic mass is 32.2. The summed E-state index contributed by atoms with van der Waals surface area (Å²) in [7, 11) is 6.62. The zero-order valence-electron chi connectivity index (χ0n) is 17.3. The van der Waals surface area contributed by atoms with Gasteiger partial charge in [-0.25, -0.2) is 4.39 Å². The summed E-state index contributed by atoms with van der Waals surface area (Å²) in [6.07, 6.45) is 0. The number of aromatic nitrogens is 3. The molecule has 0 fully saturated rings. The van der Waals surface area contributed by atoms with Gasteiger partial charge in [0.05, 0.1) is 25.5 Å². The molecule has 0 radical (unpaired) electrons. The first-order valence-corrected chi connectivity index (χ1v) is 10.2. The molecule has 0 spiro atoms. The average Bonchev–Trinajstić information content (AvgIpc) is 3.12. The number of amides is 1. The Morgan fingerprint density at radius 1 is 1.13 bits per heavy atom. The van der Waals surface area contributed by atoms with Gasteiger partial charge in [0.15, 0.2) is 22.5 Å². The Hall–Kier alpha value is -3.07. The molecule has 3 aromatic rings. The maximum atomic E-state index is 14.0. The predicted octanol–water partition coefficient (Wildman–Crippen LogP) is 3.39. The Morgan fingerprint density at radius 2 is 1.90 bits per heavy atom. The third-order valence-electron chi connectivity index (χ3n) is 4.59. The van der Waals surface area contributed by atoms with Crippen LogP contribution in [0.4, 0.5) is 4.39 Å². The third-order valence-corrected chi connectivity index (χ3v) is 5.60. The van der Waals surface area contributed by atoms with Gasteiger partial charge in [0.1, 0.15) is 5.82 Å². The van der Waals surface area contributed by atoms with Crippen LogP contribution in [-0.2, 0) is 18.4 Å². The highest BCUT2D eigenvalue weighted by Gasteiger charge is 2.18. The van der Waals surface area contributed by atoms with E-state index < -0.39 is 0 Å². The van der Waals surface area contributed by atoms with Crippen molar-refractivity contribution in [1.82, 2.24) is 19.7 Å². The molecule has 0 aliphatic rings. The fourth-order valence-corrected chi connectivity index (χ4v) is 3.83. The molecule has 30 heavy (non-hydrogen) atoms. The Labute approximate surface area is 178 Å². The van der Waals surface area contributed by atoms with Gasteiger partial charge in [0, 0.05) is 26.2 Å². The van der Waals surface area contributed by atoms with Gasteiger partial charge in [-0.2, -0.15) is 0 Å². The van der Waals surface area contributed by atoms with Crippen LogP contribution in [0.3, 0.4) is 0 Å².